The van der Waals surface area contributed by atoms with Crippen molar-refractivity contribution >= 4 is 28.4 Å². The minimum atomic E-state index is -0.0534. The number of carbonyl (C=O) groups excluding carboxylic acids is 2. The Kier molecular flexibility index (Phi) is 6.51. The number of hydrogen-bond acceptors (Lipinski definition) is 4. The van der Waals surface area contributed by atoms with E-state index in [-0.39, 0.29) is 11.8 Å². The molecule has 178 valence electrons. The predicted octanol–water partition coefficient (Wildman–Crippen LogP) is 5.13. The van der Waals surface area contributed by atoms with Crippen LogP contribution in [0.4, 0.5) is 0 Å². The summed E-state index contributed by atoms with van der Waals surface area (Å²) < 4.78 is 11.8. The second kappa shape index (κ2) is 9.37. The molecule has 0 unspecified atom stereocenters. The van der Waals surface area contributed by atoms with E-state index in [0.717, 1.165) is 38.8 Å². The zero-order valence-electron chi connectivity index (χ0n) is 20.8. The lowest BCUT2D eigenvalue weighted by molar-refractivity contribution is -0.135. The second-order valence-electron chi connectivity index (χ2n) is 9.09. The quantitative estimate of drug-likeness (QED) is 0.507. The third-order valence-electron chi connectivity index (χ3n) is 6.72. The van der Waals surface area contributed by atoms with Gasteiger partial charge in [0, 0.05) is 61.3 Å². The smallest absolute Gasteiger partial charge is 0.246 e. The number of nitrogens with zero attached hydrogens (tertiary/aromatic N) is 2. The summed E-state index contributed by atoms with van der Waals surface area (Å²) in [5, 5.41) is 0.996. The molecule has 2 amide bonds. The maximum Gasteiger partial charge on any atom is 0.246 e. The summed E-state index contributed by atoms with van der Waals surface area (Å²) in [7, 11) is 1.64. The number of fused-ring (bicyclic) bond motifs is 1. The van der Waals surface area contributed by atoms with E-state index in [1.165, 1.54) is 11.1 Å². The molecule has 1 saturated heterocycles. The first-order chi connectivity index (χ1) is 16.2. The van der Waals surface area contributed by atoms with Gasteiger partial charge in [-0.1, -0.05) is 23.8 Å². The maximum absolute atomic E-state index is 13.0. The first kappa shape index (κ1) is 23.6. The number of allylic oxidation sites excluding steroid dienone is 1. The fraction of sp³-hybridized carbons (Fsp3) is 0.357. The molecular weight excluding hydrogens is 428 g/mol. The fourth-order valence-corrected chi connectivity index (χ4v) is 4.79. The number of ether oxygens (including phenoxy) is 1. The number of methoxy groups -OCH3 is 1. The number of piperazine rings is 1. The van der Waals surface area contributed by atoms with Crippen molar-refractivity contribution in [3.63, 3.8) is 0 Å². The molecule has 4 rings (SSSR count). The molecule has 6 heteroatoms. The van der Waals surface area contributed by atoms with Crippen LogP contribution in [0.3, 0.4) is 0 Å². The van der Waals surface area contributed by atoms with Crippen molar-refractivity contribution in [2.45, 2.75) is 34.6 Å². The Bertz CT molecular complexity index is 1290. The van der Waals surface area contributed by atoms with Crippen LogP contribution in [0.2, 0.25) is 0 Å². The van der Waals surface area contributed by atoms with Gasteiger partial charge in [-0.05, 0) is 50.5 Å². The molecule has 1 aliphatic rings. The molecule has 6 nitrogen and oxygen atoms in total. The van der Waals surface area contributed by atoms with Crippen molar-refractivity contribution in [2.24, 2.45) is 0 Å². The van der Waals surface area contributed by atoms with Gasteiger partial charge in [0.1, 0.15) is 11.3 Å². The molecule has 34 heavy (non-hydrogen) atoms. The van der Waals surface area contributed by atoms with Crippen LogP contribution in [0.25, 0.3) is 27.7 Å². The van der Waals surface area contributed by atoms with Gasteiger partial charge in [0.05, 0.1) is 13.4 Å². The Morgan fingerprint density at radius 2 is 1.65 bits per heavy atom. The lowest BCUT2D eigenvalue weighted by Gasteiger charge is -2.33. The Labute approximate surface area is 200 Å². The topological polar surface area (TPSA) is 63.0 Å². The van der Waals surface area contributed by atoms with Crippen molar-refractivity contribution in [1.29, 1.82) is 0 Å². The maximum atomic E-state index is 13.0. The van der Waals surface area contributed by atoms with E-state index in [1.54, 1.807) is 36.2 Å². The third kappa shape index (κ3) is 4.32. The molecule has 0 aliphatic carbocycles. The number of benzene rings is 2. The van der Waals surface area contributed by atoms with Crippen LogP contribution < -0.4 is 4.74 Å². The average molecular weight is 461 g/mol. The van der Waals surface area contributed by atoms with Crippen molar-refractivity contribution in [2.75, 3.05) is 33.3 Å². The van der Waals surface area contributed by atoms with Crippen LogP contribution in [0.15, 0.2) is 41.0 Å². The van der Waals surface area contributed by atoms with Crippen molar-refractivity contribution in [3.05, 3.63) is 58.9 Å². The van der Waals surface area contributed by atoms with Crippen LogP contribution >= 0.6 is 0 Å². The number of hydrogen-bond donors (Lipinski definition) is 0. The average Bonchev–Trinajstić information content (AvgIpc) is 3.23. The van der Waals surface area contributed by atoms with Crippen molar-refractivity contribution < 1.29 is 18.7 Å². The summed E-state index contributed by atoms with van der Waals surface area (Å²) in [5.74, 6) is 0.700. The lowest BCUT2D eigenvalue weighted by atomic mass is 9.94. The highest BCUT2D eigenvalue weighted by molar-refractivity contribution is 6.02. The van der Waals surface area contributed by atoms with Gasteiger partial charge in [-0.3, -0.25) is 9.59 Å². The first-order valence-corrected chi connectivity index (χ1v) is 11.6. The number of carbonyl (C=O) groups is 2. The Balaban J connectivity index is 1.73. The minimum absolute atomic E-state index is 0.0482. The standard InChI is InChI=1S/C28H32N2O4/c1-17-7-8-22(18(2)13-17)25-16-34-28-20(4)27(33-6)23(15-24(25)28)19(3)14-26(32)30-11-9-29(10-12-30)21(5)31/h7-8,13-16H,9-12H2,1-6H3/b19-14+. The van der Waals surface area contributed by atoms with Gasteiger partial charge in [0.15, 0.2) is 0 Å². The van der Waals surface area contributed by atoms with Gasteiger partial charge in [0.25, 0.3) is 0 Å². The lowest BCUT2D eigenvalue weighted by Crippen LogP contribution is -2.49. The molecule has 0 bridgehead atoms. The highest BCUT2D eigenvalue weighted by Gasteiger charge is 2.23. The number of aryl methyl sites for hydroxylation is 3. The molecular formula is C28H32N2O4. The molecule has 3 aromatic rings. The monoisotopic (exact) mass is 460 g/mol. The number of furan rings is 1. The molecule has 1 fully saturated rings. The van der Waals surface area contributed by atoms with Crippen LogP contribution in [0, 0.1) is 20.8 Å². The minimum Gasteiger partial charge on any atom is -0.496 e. The van der Waals surface area contributed by atoms with E-state index in [0.29, 0.717) is 31.9 Å². The molecule has 1 aromatic heterocycles. The van der Waals surface area contributed by atoms with Gasteiger partial charge >= 0.3 is 0 Å². The molecule has 0 spiro atoms. The highest BCUT2D eigenvalue weighted by Crippen LogP contribution is 2.41. The normalized spacial score (nSPS) is 14.6. The van der Waals surface area contributed by atoms with Crippen LogP contribution in [-0.2, 0) is 9.59 Å². The Morgan fingerprint density at radius 1 is 0.971 bits per heavy atom. The first-order valence-electron chi connectivity index (χ1n) is 11.6. The van der Waals surface area contributed by atoms with E-state index < -0.39 is 0 Å². The Morgan fingerprint density at radius 3 is 2.26 bits per heavy atom. The summed E-state index contributed by atoms with van der Waals surface area (Å²) >= 11 is 0. The van der Waals surface area contributed by atoms with E-state index in [2.05, 4.69) is 38.1 Å². The molecule has 0 saturated carbocycles. The van der Waals surface area contributed by atoms with Crippen molar-refractivity contribution in [1.82, 2.24) is 9.80 Å². The molecule has 0 atom stereocenters. The molecule has 1 aliphatic heterocycles. The Hall–Kier alpha value is -3.54. The van der Waals surface area contributed by atoms with E-state index in [1.807, 2.05) is 13.8 Å². The zero-order valence-corrected chi connectivity index (χ0v) is 20.8. The van der Waals surface area contributed by atoms with Crippen LogP contribution in [0.5, 0.6) is 5.75 Å². The second-order valence-corrected chi connectivity index (χ2v) is 9.09. The predicted molar refractivity (Wildman–Crippen MR) is 135 cm³/mol. The molecule has 0 radical (unpaired) electrons. The molecule has 2 heterocycles. The summed E-state index contributed by atoms with van der Waals surface area (Å²) in [6.07, 6.45) is 3.47. The molecule has 2 aromatic carbocycles. The van der Waals surface area contributed by atoms with Crippen molar-refractivity contribution in [3.8, 4) is 16.9 Å². The van der Waals surface area contributed by atoms with Gasteiger partial charge in [-0.25, -0.2) is 0 Å². The van der Waals surface area contributed by atoms with Crippen LogP contribution in [-0.4, -0.2) is 54.9 Å². The van der Waals surface area contributed by atoms with Crippen LogP contribution in [0.1, 0.15) is 36.1 Å². The van der Waals surface area contributed by atoms with E-state index in [9.17, 15) is 9.59 Å². The van der Waals surface area contributed by atoms with E-state index in [4.69, 9.17) is 9.15 Å². The van der Waals surface area contributed by atoms with Gasteiger partial charge in [-0.2, -0.15) is 0 Å². The summed E-state index contributed by atoms with van der Waals surface area (Å²) in [4.78, 5) is 28.2. The van der Waals surface area contributed by atoms with Gasteiger partial charge < -0.3 is 19.0 Å². The fourth-order valence-electron chi connectivity index (χ4n) is 4.79. The number of rotatable bonds is 4. The highest BCUT2D eigenvalue weighted by atomic mass is 16.5. The third-order valence-corrected chi connectivity index (χ3v) is 6.72. The summed E-state index contributed by atoms with van der Waals surface area (Å²) in [6.45, 7) is 11.9. The molecule has 0 N–H and O–H groups in total. The number of amides is 2. The SMILES string of the molecule is COc1c(/C(C)=C/C(=O)N2CCN(C(C)=O)CC2)cc2c(-c3ccc(C)cc3C)coc2c1C. The summed E-state index contributed by atoms with van der Waals surface area (Å²) in [6, 6.07) is 8.46. The van der Waals surface area contributed by atoms with E-state index >= 15 is 0 Å². The van der Waals surface area contributed by atoms with Gasteiger partial charge in [-0.15, -0.1) is 0 Å². The zero-order chi connectivity index (χ0) is 24.6. The van der Waals surface area contributed by atoms with Gasteiger partial charge in [0.2, 0.25) is 11.8 Å². The summed E-state index contributed by atoms with van der Waals surface area (Å²) in [5.41, 5.74) is 7.94. The largest absolute Gasteiger partial charge is 0.496 e.